The van der Waals surface area contributed by atoms with Crippen LogP contribution in [-0.4, -0.2) is 24.5 Å². The number of hydrogen-bond acceptors (Lipinski definition) is 5. The third kappa shape index (κ3) is 8.43. The van der Waals surface area contributed by atoms with Gasteiger partial charge in [0.25, 0.3) is 0 Å². The van der Waals surface area contributed by atoms with E-state index >= 15 is 0 Å². The third-order valence-electron chi connectivity index (χ3n) is 13.8. The molecule has 12 aromatic rings. The topological polar surface area (TPSA) is 80.3 Å². The van der Waals surface area contributed by atoms with Gasteiger partial charge in [0.15, 0.2) is 11.6 Å². The van der Waals surface area contributed by atoms with E-state index in [1.54, 1.807) is 0 Å². The number of fused-ring (bicyclic) bond motifs is 3. The molecule has 0 aliphatic heterocycles. The minimum absolute atomic E-state index is 0.462. The van der Waals surface area contributed by atoms with E-state index in [1.165, 1.54) is 22.3 Å². The number of rotatable bonds is 9. The summed E-state index contributed by atoms with van der Waals surface area (Å²) in [4.78, 5) is 21.4. The molecule has 73 heavy (non-hydrogen) atoms. The molecule has 0 aliphatic rings. The second kappa shape index (κ2) is 18.6. The molecule has 0 saturated heterocycles. The molecule has 3 aromatic heterocycles. The van der Waals surface area contributed by atoms with Crippen LogP contribution in [0.2, 0.25) is 0 Å². The molecule has 346 valence electrons. The van der Waals surface area contributed by atoms with Crippen LogP contribution in [0, 0.1) is 39.0 Å². The molecule has 0 radical (unpaired) electrons. The largest absolute Gasteiger partial charge is 0.308 e. The number of aromatic nitrogens is 5. The molecule has 0 amide bonds. The van der Waals surface area contributed by atoms with E-state index < -0.39 is 0 Å². The fourth-order valence-electron chi connectivity index (χ4n) is 10.3. The second-order valence-corrected chi connectivity index (χ2v) is 18.9. The van der Waals surface area contributed by atoms with Crippen LogP contribution < -0.4 is 0 Å². The molecular weight excluding hydrogens is 889 g/mol. The highest BCUT2D eigenvalue weighted by molar-refractivity contribution is 6.12. The van der Waals surface area contributed by atoms with Crippen molar-refractivity contribution in [3.8, 4) is 102 Å². The van der Waals surface area contributed by atoms with E-state index in [4.69, 9.17) is 19.9 Å². The summed E-state index contributed by atoms with van der Waals surface area (Å²) >= 11 is 0. The van der Waals surface area contributed by atoms with Crippen molar-refractivity contribution in [2.75, 3.05) is 0 Å². The predicted octanol–water partition coefficient (Wildman–Crippen LogP) is 16.8. The number of benzene rings is 9. The van der Waals surface area contributed by atoms with Crippen molar-refractivity contribution in [3.63, 3.8) is 0 Å². The lowest BCUT2D eigenvalue weighted by Gasteiger charge is -2.21. The first-order chi connectivity index (χ1) is 35.8. The van der Waals surface area contributed by atoms with Gasteiger partial charge in [0.2, 0.25) is 0 Å². The molecule has 0 saturated carbocycles. The lowest BCUT2D eigenvalue weighted by molar-refractivity contribution is 1.14. The van der Waals surface area contributed by atoms with Gasteiger partial charge in [0.05, 0.1) is 51.1 Å². The summed E-state index contributed by atoms with van der Waals surface area (Å²) < 4.78 is 2.40. The molecule has 3 heterocycles. The molecule has 0 unspecified atom stereocenters. The van der Waals surface area contributed by atoms with Crippen LogP contribution >= 0.6 is 0 Å². The first kappa shape index (κ1) is 44.6. The van der Waals surface area contributed by atoms with Crippen molar-refractivity contribution >= 4 is 21.8 Å². The maximum Gasteiger partial charge on any atom is 0.160 e. The van der Waals surface area contributed by atoms with Gasteiger partial charge in [-0.15, -0.1) is 0 Å². The highest BCUT2D eigenvalue weighted by Crippen LogP contribution is 2.45. The van der Waals surface area contributed by atoms with Gasteiger partial charge in [-0.2, -0.15) is 5.26 Å². The summed E-state index contributed by atoms with van der Waals surface area (Å²) in [6, 6.07) is 78.3. The average Bonchev–Trinajstić information content (AvgIpc) is 3.75. The Morgan fingerprint density at radius 2 is 0.726 bits per heavy atom. The SMILES string of the molecule is Cc1ccc(-c2ccc3c4ccc(-c5ccc(C)cc5C)cc4n(-c4c(-c5cc(-c6ccccc6)nc(-c6ccccc6)n5)cc(C#N)cc4-c4cc(-c5ccccc5)nc(-c5ccccc5)n4)c3c2)c(C)c1. The van der Waals surface area contributed by atoms with Gasteiger partial charge in [-0.25, -0.2) is 19.9 Å². The Balaban J connectivity index is 1.26. The fourth-order valence-corrected chi connectivity index (χ4v) is 10.3. The van der Waals surface area contributed by atoms with Crippen molar-refractivity contribution in [2.45, 2.75) is 27.7 Å². The van der Waals surface area contributed by atoms with Gasteiger partial charge in [-0.05, 0) is 97.5 Å². The number of hydrogen-bond donors (Lipinski definition) is 0. The maximum atomic E-state index is 11.2. The van der Waals surface area contributed by atoms with Crippen molar-refractivity contribution < 1.29 is 0 Å². The van der Waals surface area contributed by atoms with Crippen LogP contribution in [-0.2, 0) is 0 Å². The van der Waals surface area contributed by atoms with E-state index in [0.717, 1.165) is 94.5 Å². The summed E-state index contributed by atoms with van der Waals surface area (Å²) in [5, 5.41) is 13.3. The van der Waals surface area contributed by atoms with E-state index in [1.807, 2.05) is 109 Å². The highest BCUT2D eigenvalue weighted by atomic mass is 15.0. The standard InChI is InChI=1S/C67H48N6/c1-42-25-29-53(44(3)33-42)51-27-31-55-56-32-28-52(54-30-26-43(2)34-45(54)4)38-64(56)73(63(55)37-51)65-57(61-39-59(47-17-9-5-10-18-47)69-66(71-61)49-21-13-7-14-22-49)35-46(41-68)36-58(65)62-40-60(48-19-11-6-12-20-48)70-67(72-62)50-23-15-8-16-24-50/h5-40H,1-4H3. The zero-order chi connectivity index (χ0) is 49.6. The second-order valence-electron chi connectivity index (χ2n) is 18.9. The maximum absolute atomic E-state index is 11.2. The Morgan fingerprint density at radius 3 is 1.11 bits per heavy atom. The summed E-state index contributed by atoms with van der Waals surface area (Å²) in [5.41, 5.74) is 20.6. The minimum atomic E-state index is 0.462. The van der Waals surface area contributed by atoms with Crippen LogP contribution in [0.1, 0.15) is 27.8 Å². The van der Waals surface area contributed by atoms with Crippen molar-refractivity contribution in [2.24, 2.45) is 0 Å². The van der Waals surface area contributed by atoms with Crippen molar-refractivity contribution in [3.05, 3.63) is 246 Å². The summed E-state index contributed by atoms with van der Waals surface area (Å²) in [5.74, 6) is 1.14. The molecule has 0 atom stereocenters. The lowest BCUT2D eigenvalue weighted by atomic mass is 9.95. The Bertz CT molecular complexity index is 3740. The smallest absolute Gasteiger partial charge is 0.160 e. The Kier molecular flexibility index (Phi) is 11.4. The van der Waals surface area contributed by atoms with Gasteiger partial charge in [-0.1, -0.05) is 193 Å². The van der Waals surface area contributed by atoms with Gasteiger partial charge in [0, 0.05) is 44.2 Å². The molecule has 6 nitrogen and oxygen atoms in total. The van der Waals surface area contributed by atoms with Crippen LogP contribution in [0.25, 0.3) is 118 Å². The Labute approximate surface area is 425 Å². The van der Waals surface area contributed by atoms with Crippen LogP contribution in [0.4, 0.5) is 0 Å². The Hall–Kier alpha value is -9.57. The summed E-state index contributed by atoms with van der Waals surface area (Å²) in [7, 11) is 0. The molecule has 0 fully saturated rings. The molecule has 0 bridgehead atoms. The van der Waals surface area contributed by atoms with Crippen LogP contribution in [0.5, 0.6) is 0 Å². The first-order valence-corrected chi connectivity index (χ1v) is 24.6. The molecule has 12 rings (SSSR count). The van der Waals surface area contributed by atoms with E-state index in [2.05, 4.69) is 148 Å². The van der Waals surface area contributed by atoms with E-state index in [-0.39, 0.29) is 0 Å². The van der Waals surface area contributed by atoms with E-state index in [9.17, 15) is 5.26 Å². The summed E-state index contributed by atoms with van der Waals surface area (Å²) in [6.07, 6.45) is 0. The zero-order valence-electron chi connectivity index (χ0n) is 41.0. The van der Waals surface area contributed by atoms with Crippen LogP contribution in [0.3, 0.4) is 0 Å². The van der Waals surface area contributed by atoms with Crippen LogP contribution in [0.15, 0.2) is 218 Å². The molecule has 0 aliphatic carbocycles. The quantitative estimate of drug-likeness (QED) is 0.144. The third-order valence-corrected chi connectivity index (χ3v) is 13.8. The molecule has 6 heteroatoms. The molecule has 9 aromatic carbocycles. The normalized spacial score (nSPS) is 11.3. The fraction of sp³-hybridized carbons (Fsp3) is 0.0597. The zero-order valence-corrected chi connectivity index (χ0v) is 41.0. The summed E-state index contributed by atoms with van der Waals surface area (Å²) in [6.45, 7) is 8.64. The highest BCUT2D eigenvalue weighted by Gasteiger charge is 2.26. The van der Waals surface area contributed by atoms with Gasteiger partial charge < -0.3 is 4.57 Å². The van der Waals surface area contributed by atoms with Crippen molar-refractivity contribution in [1.82, 2.24) is 24.5 Å². The van der Waals surface area contributed by atoms with E-state index in [0.29, 0.717) is 28.6 Å². The predicted molar refractivity (Wildman–Crippen MR) is 299 cm³/mol. The van der Waals surface area contributed by atoms with Crippen molar-refractivity contribution in [1.29, 1.82) is 5.26 Å². The van der Waals surface area contributed by atoms with Gasteiger partial charge in [0.1, 0.15) is 0 Å². The number of nitrogens with zero attached hydrogens (tertiary/aromatic N) is 6. The molecule has 0 spiro atoms. The number of nitriles is 1. The Morgan fingerprint density at radius 1 is 0.342 bits per heavy atom. The lowest BCUT2D eigenvalue weighted by Crippen LogP contribution is -2.06. The number of aryl methyl sites for hydroxylation is 4. The average molecular weight is 937 g/mol. The van der Waals surface area contributed by atoms with Gasteiger partial charge in [-0.3, -0.25) is 0 Å². The first-order valence-electron chi connectivity index (χ1n) is 24.6. The molecule has 0 N–H and O–H groups in total. The van der Waals surface area contributed by atoms with Gasteiger partial charge >= 0.3 is 0 Å². The monoisotopic (exact) mass is 936 g/mol. The minimum Gasteiger partial charge on any atom is -0.308 e. The molecular formula is C67H48N6.